The van der Waals surface area contributed by atoms with Gasteiger partial charge in [0, 0.05) is 29.5 Å². The molecular weight excluding hydrogens is 336 g/mol. The van der Waals surface area contributed by atoms with Gasteiger partial charge in [0.1, 0.15) is 11.9 Å². The summed E-state index contributed by atoms with van der Waals surface area (Å²) in [6.45, 7) is 1.60. The lowest BCUT2D eigenvalue weighted by molar-refractivity contribution is -0.121. The molecule has 26 heavy (non-hydrogen) atoms. The maximum Gasteiger partial charge on any atom is 0.203 e. The van der Waals surface area contributed by atoms with Gasteiger partial charge in [0.15, 0.2) is 17.0 Å². The number of ketones is 2. The minimum Gasteiger partial charge on any atom is -0.496 e. The quantitative estimate of drug-likeness (QED) is 0.741. The summed E-state index contributed by atoms with van der Waals surface area (Å²) >= 11 is 0. The number of rotatable bonds is 1. The van der Waals surface area contributed by atoms with Crippen molar-refractivity contribution in [2.75, 3.05) is 7.11 Å². The van der Waals surface area contributed by atoms with Gasteiger partial charge in [-0.3, -0.25) is 9.59 Å². The zero-order valence-electron chi connectivity index (χ0n) is 14.4. The molecule has 1 aromatic rings. The molecule has 0 saturated carbocycles. The fourth-order valence-corrected chi connectivity index (χ4v) is 4.87. The highest BCUT2D eigenvalue weighted by Crippen LogP contribution is 2.68. The second kappa shape index (κ2) is 4.52. The summed E-state index contributed by atoms with van der Waals surface area (Å²) in [5.74, 6) is -0.245. The van der Waals surface area contributed by atoms with Crippen LogP contribution >= 0.6 is 0 Å². The Morgan fingerprint density at radius 3 is 2.77 bits per heavy atom. The molecule has 1 saturated heterocycles. The molecule has 4 atom stereocenters. The number of epoxide rings is 1. The van der Waals surface area contributed by atoms with Crippen molar-refractivity contribution >= 4 is 11.6 Å². The van der Waals surface area contributed by atoms with E-state index in [1.807, 2.05) is 0 Å². The van der Waals surface area contributed by atoms with Gasteiger partial charge in [0.25, 0.3) is 0 Å². The summed E-state index contributed by atoms with van der Waals surface area (Å²) in [4.78, 5) is 26.2. The number of methoxy groups -OCH3 is 1. The predicted molar refractivity (Wildman–Crippen MR) is 89.9 cm³/mol. The van der Waals surface area contributed by atoms with Gasteiger partial charge in [-0.1, -0.05) is 18.2 Å². The second-order valence-electron chi connectivity index (χ2n) is 7.74. The van der Waals surface area contributed by atoms with E-state index in [4.69, 9.17) is 9.47 Å². The van der Waals surface area contributed by atoms with E-state index in [0.29, 0.717) is 22.4 Å². The minimum absolute atomic E-state index is 0.0742. The van der Waals surface area contributed by atoms with Gasteiger partial charge in [-0.15, -0.1) is 0 Å². The summed E-state index contributed by atoms with van der Waals surface area (Å²) in [5, 5.41) is 21.4. The van der Waals surface area contributed by atoms with E-state index >= 15 is 0 Å². The Morgan fingerprint density at radius 1 is 1.27 bits per heavy atom. The van der Waals surface area contributed by atoms with E-state index in [0.717, 1.165) is 0 Å². The van der Waals surface area contributed by atoms with Crippen LogP contribution in [0.5, 0.6) is 5.75 Å². The van der Waals surface area contributed by atoms with Crippen molar-refractivity contribution in [3.63, 3.8) is 0 Å². The number of hydrogen-bond acceptors (Lipinski definition) is 6. The van der Waals surface area contributed by atoms with Gasteiger partial charge in [0.05, 0.1) is 12.7 Å². The largest absolute Gasteiger partial charge is 0.496 e. The summed E-state index contributed by atoms with van der Waals surface area (Å²) in [7, 11) is 1.48. The predicted octanol–water partition coefficient (Wildman–Crippen LogP) is 1.41. The Labute approximate surface area is 149 Å². The standard InChI is InChI=1S/C20H18O6/c1-18(24)8-10-6-7-19-17(23)14-11(4-3-5-13(14)25-2)16(22)20(19,26-19)15(10)12(21)9-18/h3-7,17,23-24H,8-9H2,1-2H3/t17-,18-,19+,20-/m1/s1. The molecule has 0 spiro atoms. The summed E-state index contributed by atoms with van der Waals surface area (Å²) in [5.41, 5.74) is -2.36. The van der Waals surface area contributed by atoms with Crippen LogP contribution in [0.1, 0.15) is 41.8 Å². The minimum atomic E-state index is -1.50. The molecule has 1 fully saturated rings. The van der Waals surface area contributed by atoms with Crippen LogP contribution in [0.2, 0.25) is 0 Å². The maximum absolute atomic E-state index is 13.4. The number of Topliss-reactive ketones (excluding diaryl/α,β-unsaturated/α-hetero) is 2. The SMILES string of the molecule is COc1cccc2c1[C@@H](O)[C@@]13C=CC4=C(C(=O)C[C@](C)(O)C4)[C@@]1(O3)C2=O. The van der Waals surface area contributed by atoms with Crippen LogP contribution in [-0.4, -0.2) is 45.7 Å². The Hall–Kier alpha value is -2.28. The van der Waals surface area contributed by atoms with E-state index < -0.39 is 22.9 Å². The highest BCUT2D eigenvalue weighted by Gasteiger charge is 2.83. The molecule has 0 bridgehead atoms. The molecule has 3 aliphatic carbocycles. The zero-order valence-corrected chi connectivity index (χ0v) is 14.4. The molecule has 1 heterocycles. The van der Waals surface area contributed by atoms with Crippen molar-refractivity contribution in [1.82, 2.24) is 0 Å². The zero-order chi connectivity index (χ0) is 18.5. The average Bonchev–Trinajstić information content (AvgIpc) is 3.30. The molecule has 0 amide bonds. The van der Waals surface area contributed by atoms with E-state index in [9.17, 15) is 19.8 Å². The second-order valence-corrected chi connectivity index (χ2v) is 7.74. The summed E-state index contributed by atoms with van der Waals surface area (Å²) in [6.07, 6.45) is 2.41. The Kier molecular flexibility index (Phi) is 2.77. The van der Waals surface area contributed by atoms with Gasteiger partial charge >= 0.3 is 0 Å². The molecule has 6 heteroatoms. The Balaban J connectivity index is 1.75. The molecule has 1 aromatic carbocycles. The van der Waals surface area contributed by atoms with Crippen molar-refractivity contribution in [3.8, 4) is 5.75 Å². The normalized spacial score (nSPS) is 39.8. The third-order valence-corrected chi connectivity index (χ3v) is 5.96. The highest BCUT2D eigenvalue weighted by molar-refractivity contribution is 6.19. The molecule has 0 unspecified atom stereocenters. The lowest BCUT2D eigenvalue weighted by Gasteiger charge is -2.37. The number of allylic oxidation sites excluding steroid dienone is 1. The number of fused-ring (bicyclic) bond motifs is 1. The number of aliphatic hydroxyl groups excluding tert-OH is 1. The molecule has 4 aliphatic rings. The number of carbonyl (C=O) groups is 2. The molecule has 5 rings (SSSR count). The number of aliphatic hydroxyl groups is 2. The lowest BCUT2D eigenvalue weighted by atomic mass is 9.62. The first-order chi connectivity index (χ1) is 12.3. The number of hydrogen-bond donors (Lipinski definition) is 2. The van der Waals surface area contributed by atoms with Gasteiger partial charge in [-0.2, -0.15) is 0 Å². The molecule has 6 nitrogen and oxygen atoms in total. The van der Waals surface area contributed by atoms with Crippen molar-refractivity contribution in [3.05, 3.63) is 52.6 Å². The first-order valence-corrected chi connectivity index (χ1v) is 8.56. The van der Waals surface area contributed by atoms with Crippen LogP contribution in [0, 0.1) is 0 Å². The molecular formula is C20H18O6. The third kappa shape index (κ3) is 1.58. The van der Waals surface area contributed by atoms with Crippen LogP contribution in [0.4, 0.5) is 0 Å². The lowest BCUT2D eigenvalue weighted by Crippen LogP contribution is -2.50. The van der Waals surface area contributed by atoms with Gasteiger partial charge in [-0.25, -0.2) is 0 Å². The average molecular weight is 354 g/mol. The van der Waals surface area contributed by atoms with Gasteiger partial charge in [-0.05, 0) is 24.6 Å². The van der Waals surface area contributed by atoms with Gasteiger partial charge < -0.3 is 19.7 Å². The van der Waals surface area contributed by atoms with Crippen molar-refractivity contribution < 1.29 is 29.3 Å². The smallest absolute Gasteiger partial charge is 0.203 e. The van der Waals surface area contributed by atoms with E-state index in [2.05, 4.69) is 0 Å². The van der Waals surface area contributed by atoms with Crippen LogP contribution < -0.4 is 4.74 Å². The third-order valence-electron chi connectivity index (χ3n) is 5.96. The van der Waals surface area contributed by atoms with Gasteiger partial charge in [0.2, 0.25) is 5.78 Å². The molecule has 134 valence electrons. The van der Waals surface area contributed by atoms with Crippen molar-refractivity contribution in [2.24, 2.45) is 0 Å². The fourth-order valence-electron chi connectivity index (χ4n) is 4.87. The van der Waals surface area contributed by atoms with Crippen LogP contribution in [-0.2, 0) is 9.53 Å². The first kappa shape index (κ1) is 15.9. The van der Waals surface area contributed by atoms with Crippen LogP contribution in [0.3, 0.4) is 0 Å². The van der Waals surface area contributed by atoms with E-state index in [1.54, 1.807) is 37.3 Å². The summed E-state index contributed by atoms with van der Waals surface area (Å²) in [6, 6.07) is 4.98. The van der Waals surface area contributed by atoms with E-state index in [-0.39, 0.29) is 30.0 Å². The van der Waals surface area contributed by atoms with Crippen molar-refractivity contribution in [1.29, 1.82) is 0 Å². The Bertz CT molecular complexity index is 955. The number of carbonyl (C=O) groups excluding carboxylic acids is 2. The van der Waals surface area contributed by atoms with Crippen LogP contribution in [0.25, 0.3) is 0 Å². The molecule has 0 aromatic heterocycles. The maximum atomic E-state index is 13.4. The van der Waals surface area contributed by atoms with E-state index in [1.165, 1.54) is 7.11 Å². The number of benzene rings is 1. The monoisotopic (exact) mass is 354 g/mol. The molecule has 1 aliphatic heterocycles. The van der Waals surface area contributed by atoms with Crippen LogP contribution in [0.15, 0.2) is 41.5 Å². The fraction of sp³-hybridized carbons (Fsp3) is 0.400. The molecule has 2 N–H and O–H groups in total. The summed E-state index contributed by atoms with van der Waals surface area (Å²) < 4.78 is 11.2. The topological polar surface area (TPSA) is 96.4 Å². The Morgan fingerprint density at radius 2 is 2.04 bits per heavy atom. The number of ether oxygens (including phenoxy) is 2. The van der Waals surface area contributed by atoms with Crippen molar-refractivity contribution in [2.45, 2.75) is 42.7 Å². The first-order valence-electron chi connectivity index (χ1n) is 8.56. The highest BCUT2D eigenvalue weighted by atomic mass is 16.6. The molecule has 0 radical (unpaired) electrons.